The summed E-state index contributed by atoms with van der Waals surface area (Å²) in [5.74, 6) is 1.01. The minimum absolute atomic E-state index is 0.0829. The zero-order valence-electron chi connectivity index (χ0n) is 14.2. The molecule has 0 saturated heterocycles. The third kappa shape index (κ3) is 5.16. The van der Waals surface area contributed by atoms with Gasteiger partial charge in [0, 0.05) is 17.4 Å². The van der Waals surface area contributed by atoms with Crippen LogP contribution in [0.2, 0.25) is 0 Å². The molecule has 0 saturated carbocycles. The molecule has 1 amide bonds. The first kappa shape index (κ1) is 17.6. The first-order valence-corrected chi connectivity index (χ1v) is 8.06. The Labute approximate surface area is 143 Å². The fourth-order valence-electron chi connectivity index (χ4n) is 2.34. The van der Waals surface area contributed by atoms with Crippen LogP contribution in [0.1, 0.15) is 25.3 Å². The van der Waals surface area contributed by atoms with Gasteiger partial charge in [-0.15, -0.1) is 0 Å². The molecule has 2 aromatic carbocycles. The lowest BCUT2D eigenvalue weighted by atomic mass is 10.0. The molecule has 0 aliphatic heterocycles. The van der Waals surface area contributed by atoms with Gasteiger partial charge in [0.1, 0.15) is 12.4 Å². The van der Waals surface area contributed by atoms with Gasteiger partial charge in [-0.3, -0.25) is 4.79 Å². The lowest BCUT2D eigenvalue weighted by molar-refractivity contribution is -0.114. The number of benzene rings is 2. The number of amides is 1. The molecule has 0 spiro atoms. The van der Waals surface area contributed by atoms with E-state index in [0.29, 0.717) is 12.5 Å². The van der Waals surface area contributed by atoms with Gasteiger partial charge in [0.2, 0.25) is 5.91 Å². The average Bonchev–Trinajstić information content (AvgIpc) is 2.59. The SMILES string of the molecule is C=CCOc1cccc(NCC(=O)Nc2ccccc2C(C)C)c1. The zero-order chi connectivity index (χ0) is 17.4. The molecule has 0 radical (unpaired) electrons. The summed E-state index contributed by atoms with van der Waals surface area (Å²) in [6.45, 7) is 8.49. The largest absolute Gasteiger partial charge is 0.489 e. The standard InChI is InChI=1S/C20H24N2O2/c1-4-12-24-17-9-7-8-16(13-17)21-14-20(23)22-19-11-6-5-10-18(19)15(2)3/h4-11,13,15,21H,1,12,14H2,2-3H3,(H,22,23). The van der Waals surface area contributed by atoms with Crippen molar-refractivity contribution in [1.29, 1.82) is 0 Å². The Morgan fingerprint density at radius 1 is 1.21 bits per heavy atom. The van der Waals surface area contributed by atoms with Gasteiger partial charge >= 0.3 is 0 Å². The van der Waals surface area contributed by atoms with E-state index in [1.807, 2.05) is 48.5 Å². The second kappa shape index (κ2) is 8.77. The van der Waals surface area contributed by atoms with E-state index < -0.39 is 0 Å². The van der Waals surface area contributed by atoms with E-state index >= 15 is 0 Å². The quantitative estimate of drug-likeness (QED) is 0.707. The second-order valence-corrected chi connectivity index (χ2v) is 5.77. The second-order valence-electron chi connectivity index (χ2n) is 5.77. The van der Waals surface area contributed by atoms with Crippen molar-refractivity contribution < 1.29 is 9.53 Å². The summed E-state index contributed by atoms with van der Waals surface area (Å²) in [5, 5.41) is 6.08. The first-order valence-electron chi connectivity index (χ1n) is 8.06. The van der Waals surface area contributed by atoms with Crippen molar-refractivity contribution in [3.05, 3.63) is 66.7 Å². The molecule has 0 aliphatic carbocycles. The lowest BCUT2D eigenvalue weighted by Gasteiger charge is -2.14. The van der Waals surface area contributed by atoms with Crippen LogP contribution < -0.4 is 15.4 Å². The molecular formula is C20H24N2O2. The number of anilines is 2. The number of carbonyl (C=O) groups excluding carboxylic acids is 1. The van der Waals surface area contributed by atoms with Crippen molar-refractivity contribution in [2.45, 2.75) is 19.8 Å². The van der Waals surface area contributed by atoms with Crippen LogP contribution in [0.3, 0.4) is 0 Å². The number of carbonyl (C=O) groups is 1. The fourth-order valence-corrected chi connectivity index (χ4v) is 2.34. The molecule has 0 atom stereocenters. The highest BCUT2D eigenvalue weighted by atomic mass is 16.5. The van der Waals surface area contributed by atoms with Gasteiger partial charge in [-0.05, 0) is 29.7 Å². The Morgan fingerprint density at radius 3 is 2.75 bits per heavy atom. The number of hydrogen-bond acceptors (Lipinski definition) is 3. The Bertz CT molecular complexity index is 696. The van der Waals surface area contributed by atoms with Crippen LogP contribution in [-0.2, 0) is 4.79 Å². The Balaban J connectivity index is 1.93. The van der Waals surface area contributed by atoms with Crippen LogP contribution in [0.15, 0.2) is 61.2 Å². The van der Waals surface area contributed by atoms with Crippen molar-refractivity contribution in [2.75, 3.05) is 23.8 Å². The summed E-state index contributed by atoms with van der Waals surface area (Å²) in [6.07, 6.45) is 1.69. The molecule has 0 unspecified atom stereocenters. The molecule has 24 heavy (non-hydrogen) atoms. The van der Waals surface area contributed by atoms with Crippen LogP contribution in [0.4, 0.5) is 11.4 Å². The molecular weight excluding hydrogens is 300 g/mol. The first-order chi connectivity index (χ1) is 11.6. The van der Waals surface area contributed by atoms with E-state index in [1.54, 1.807) is 6.08 Å². The number of rotatable bonds is 8. The molecule has 4 heteroatoms. The maximum atomic E-state index is 12.2. The van der Waals surface area contributed by atoms with Crippen molar-refractivity contribution in [3.8, 4) is 5.75 Å². The van der Waals surface area contributed by atoms with Crippen molar-refractivity contribution in [3.63, 3.8) is 0 Å². The summed E-state index contributed by atoms with van der Waals surface area (Å²) in [5.41, 5.74) is 2.83. The van der Waals surface area contributed by atoms with Gasteiger partial charge in [-0.25, -0.2) is 0 Å². The summed E-state index contributed by atoms with van der Waals surface area (Å²) in [6, 6.07) is 15.4. The number of nitrogens with one attached hydrogen (secondary N) is 2. The number of ether oxygens (including phenoxy) is 1. The summed E-state index contributed by atoms with van der Waals surface area (Å²) >= 11 is 0. The van der Waals surface area contributed by atoms with Crippen LogP contribution in [-0.4, -0.2) is 19.1 Å². The van der Waals surface area contributed by atoms with Gasteiger partial charge in [0.25, 0.3) is 0 Å². The highest BCUT2D eigenvalue weighted by Crippen LogP contribution is 2.23. The molecule has 0 heterocycles. The van der Waals surface area contributed by atoms with Gasteiger partial charge in [0.15, 0.2) is 0 Å². The molecule has 0 bridgehead atoms. The predicted molar refractivity (Wildman–Crippen MR) is 99.8 cm³/mol. The third-order valence-electron chi connectivity index (χ3n) is 3.51. The fraction of sp³-hybridized carbons (Fsp3) is 0.250. The van der Waals surface area contributed by atoms with Gasteiger partial charge in [-0.2, -0.15) is 0 Å². The molecule has 0 aliphatic rings. The number of hydrogen-bond donors (Lipinski definition) is 2. The topological polar surface area (TPSA) is 50.4 Å². The van der Waals surface area contributed by atoms with Crippen LogP contribution in [0.5, 0.6) is 5.75 Å². The zero-order valence-corrected chi connectivity index (χ0v) is 14.2. The molecule has 2 rings (SSSR count). The smallest absolute Gasteiger partial charge is 0.243 e. The maximum Gasteiger partial charge on any atom is 0.243 e. The maximum absolute atomic E-state index is 12.2. The van der Waals surface area contributed by atoms with Crippen molar-refractivity contribution >= 4 is 17.3 Å². The Hall–Kier alpha value is -2.75. The molecule has 0 aromatic heterocycles. The summed E-state index contributed by atoms with van der Waals surface area (Å²) < 4.78 is 5.48. The average molecular weight is 324 g/mol. The van der Waals surface area contributed by atoms with E-state index in [0.717, 1.165) is 22.7 Å². The molecule has 2 N–H and O–H groups in total. The summed E-state index contributed by atoms with van der Waals surface area (Å²) in [7, 11) is 0. The van der Waals surface area contributed by atoms with Gasteiger partial charge in [-0.1, -0.05) is 50.8 Å². The minimum Gasteiger partial charge on any atom is -0.489 e. The van der Waals surface area contributed by atoms with E-state index in [4.69, 9.17) is 4.74 Å². The Morgan fingerprint density at radius 2 is 2.00 bits per heavy atom. The van der Waals surface area contributed by atoms with Crippen LogP contribution in [0.25, 0.3) is 0 Å². The Kier molecular flexibility index (Phi) is 6.43. The monoisotopic (exact) mass is 324 g/mol. The van der Waals surface area contributed by atoms with Crippen LogP contribution in [0, 0.1) is 0 Å². The van der Waals surface area contributed by atoms with E-state index in [1.165, 1.54) is 0 Å². The normalized spacial score (nSPS) is 10.3. The molecule has 126 valence electrons. The third-order valence-corrected chi connectivity index (χ3v) is 3.51. The van der Waals surface area contributed by atoms with Gasteiger partial charge < -0.3 is 15.4 Å². The highest BCUT2D eigenvalue weighted by Gasteiger charge is 2.09. The van der Waals surface area contributed by atoms with E-state index in [-0.39, 0.29) is 12.5 Å². The van der Waals surface area contributed by atoms with E-state index in [2.05, 4.69) is 31.1 Å². The van der Waals surface area contributed by atoms with Gasteiger partial charge in [0.05, 0.1) is 6.54 Å². The molecule has 0 fully saturated rings. The summed E-state index contributed by atoms with van der Waals surface area (Å²) in [4.78, 5) is 12.2. The van der Waals surface area contributed by atoms with Crippen molar-refractivity contribution in [2.24, 2.45) is 0 Å². The lowest BCUT2D eigenvalue weighted by Crippen LogP contribution is -2.22. The number of para-hydroxylation sites is 1. The predicted octanol–water partition coefficient (Wildman–Crippen LogP) is 4.43. The minimum atomic E-state index is -0.0829. The molecule has 2 aromatic rings. The van der Waals surface area contributed by atoms with Crippen molar-refractivity contribution in [1.82, 2.24) is 0 Å². The highest BCUT2D eigenvalue weighted by molar-refractivity contribution is 5.94. The van der Waals surface area contributed by atoms with Crippen LogP contribution >= 0.6 is 0 Å². The molecule has 4 nitrogen and oxygen atoms in total. The van der Waals surface area contributed by atoms with E-state index in [9.17, 15) is 4.79 Å².